The Kier molecular flexibility index (Phi) is 7.13. The predicted octanol–water partition coefficient (Wildman–Crippen LogP) is 1.80. The molecule has 0 spiro atoms. The molecular weight excluding hydrogens is 602 g/mol. The van der Waals surface area contributed by atoms with Gasteiger partial charge in [0.15, 0.2) is 0 Å². The Balaban J connectivity index is 1.20. The van der Waals surface area contributed by atoms with Crippen LogP contribution in [0.3, 0.4) is 0 Å². The zero-order valence-electron chi connectivity index (χ0n) is 26.2. The third-order valence-corrected chi connectivity index (χ3v) is 10.6. The summed E-state index contributed by atoms with van der Waals surface area (Å²) < 4.78 is 35.5. The van der Waals surface area contributed by atoms with Gasteiger partial charge in [-0.05, 0) is 69.2 Å². The van der Waals surface area contributed by atoms with Crippen LogP contribution in [0.4, 0.5) is 0 Å². The lowest BCUT2D eigenvalue weighted by Crippen LogP contribution is -2.72. The maximum atomic E-state index is 14.4. The maximum absolute atomic E-state index is 14.4. The molecule has 4 aliphatic heterocycles. The molecule has 5 heterocycles. The van der Waals surface area contributed by atoms with Crippen LogP contribution in [0.15, 0.2) is 24.4 Å². The van der Waals surface area contributed by atoms with Crippen LogP contribution in [-0.2, 0) is 44.9 Å². The molecular formula is C31H41N5O8S. The van der Waals surface area contributed by atoms with Crippen molar-refractivity contribution >= 4 is 38.7 Å². The highest BCUT2D eigenvalue weighted by molar-refractivity contribution is 7.85. The molecule has 4 fully saturated rings. The number of hydrogen-bond acceptors (Lipinski definition) is 9. The normalized spacial score (nSPS) is 34.8. The van der Waals surface area contributed by atoms with Crippen molar-refractivity contribution in [2.24, 2.45) is 11.8 Å². The topological polar surface area (TPSA) is 151 Å². The first-order valence-electron chi connectivity index (χ1n) is 15.8. The molecule has 244 valence electrons. The first kappa shape index (κ1) is 30.6. The highest BCUT2D eigenvalue weighted by Gasteiger charge is 2.72. The summed E-state index contributed by atoms with van der Waals surface area (Å²) in [6.07, 6.45) is 5.65. The number of piperazine rings is 1. The molecule has 4 saturated heterocycles. The largest absolute Gasteiger partial charge is 0.361 e. The summed E-state index contributed by atoms with van der Waals surface area (Å²) in [6, 6.07) is 4.65. The molecule has 2 aromatic rings. The highest BCUT2D eigenvalue weighted by atomic mass is 32.2. The minimum atomic E-state index is -4.13. The lowest BCUT2D eigenvalue weighted by molar-refractivity contribution is -0.438. The Morgan fingerprint density at radius 3 is 2.78 bits per heavy atom. The van der Waals surface area contributed by atoms with Crippen molar-refractivity contribution in [1.82, 2.24) is 25.0 Å². The number of nitrogens with zero attached hydrogens (tertiary/aromatic N) is 3. The Morgan fingerprint density at radius 2 is 2.04 bits per heavy atom. The molecule has 7 rings (SSSR count). The predicted molar refractivity (Wildman–Crippen MR) is 161 cm³/mol. The van der Waals surface area contributed by atoms with Crippen molar-refractivity contribution in [3.8, 4) is 0 Å². The van der Waals surface area contributed by atoms with Crippen LogP contribution in [0.25, 0.3) is 10.9 Å². The van der Waals surface area contributed by atoms with Crippen LogP contribution < -0.4 is 5.32 Å². The second-order valence-electron chi connectivity index (χ2n) is 14.0. The van der Waals surface area contributed by atoms with Gasteiger partial charge in [-0.25, -0.2) is 0 Å². The molecule has 0 saturated carbocycles. The number of carbonyl (C=O) groups is 3. The van der Waals surface area contributed by atoms with E-state index in [0.29, 0.717) is 32.4 Å². The van der Waals surface area contributed by atoms with E-state index >= 15 is 0 Å². The average molecular weight is 644 g/mol. The zero-order valence-corrected chi connectivity index (χ0v) is 27.1. The van der Waals surface area contributed by atoms with E-state index in [2.05, 4.69) is 33.5 Å². The van der Waals surface area contributed by atoms with Crippen LogP contribution in [0.1, 0.15) is 63.5 Å². The number of fused-ring (bicyclic) bond motifs is 5. The van der Waals surface area contributed by atoms with Crippen molar-refractivity contribution in [2.75, 3.05) is 26.4 Å². The number of rotatable bonds is 7. The van der Waals surface area contributed by atoms with Crippen LogP contribution in [0, 0.1) is 11.8 Å². The molecule has 14 heteroatoms. The van der Waals surface area contributed by atoms with E-state index in [-0.39, 0.29) is 36.1 Å². The van der Waals surface area contributed by atoms with Gasteiger partial charge in [0.2, 0.25) is 17.5 Å². The number of aromatic nitrogens is 1. The first-order chi connectivity index (χ1) is 21.2. The first-order valence-corrected chi connectivity index (χ1v) is 17.6. The molecule has 13 nitrogen and oxygen atoms in total. The number of H-pyrrole nitrogens is 1. The summed E-state index contributed by atoms with van der Waals surface area (Å²) in [7, 11) is -2.11. The van der Waals surface area contributed by atoms with Crippen LogP contribution >= 0.6 is 0 Å². The van der Waals surface area contributed by atoms with E-state index in [1.807, 2.05) is 27.0 Å². The van der Waals surface area contributed by atoms with Crippen LogP contribution in [0.2, 0.25) is 0 Å². The number of piperidine rings is 1. The van der Waals surface area contributed by atoms with Crippen molar-refractivity contribution in [3.63, 3.8) is 0 Å². The van der Waals surface area contributed by atoms with Gasteiger partial charge in [-0.2, -0.15) is 13.3 Å². The number of ether oxygens (including phenoxy) is 1. The van der Waals surface area contributed by atoms with Gasteiger partial charge in [0.1, 0.15) is 12.1 Å². The second-order valence-corrected chi connectivity index (χ2v) is 15.5. The standard InChI is InChI=1S/C31H41N5O8S/c1-17(2)12-24-28(38)35-11-7-10-25(35)31(43-44-45(5,40)41)36(24)29(39)30(3,42-31)33-27(37)19-13-21-20-8-6-9-22-26(20)18(15-32-22)14-23(21)34(4)16-19/h6,8-9,15,17,19,21,23-25,32H,7,10-14,16H2,1-5H3,(H,33,37). The van der Waals surface area contributed by atoms with E-state index in [0.717, 1.165) is 18.2 Å². The van der Waals surface area contributed by atoms with Gasteiger partial charge in [-0.15, -0.1) is 4.33 Å². The average Bonchev–Trinajstić information content (AvgIpc) is 3.68. The molecule has 0 bridgehead atoms. The van der Waals surface area contributed by atoms with E-state index < -0.39 is 45.7 Å². The smallest absolute Gasteiger partial charge is 0.309 e. The highest BCUT2D eigenvalue weighted by Crippen LogP contribution is 2.49. The summed E-state index contributed by atoms with van der Waals surface area (Å²) >= 11 is 0. The molecule has 7 atom stereocenters. The third-order valence-electron chi connectivity index (χ3n) is 10.3. The summed E-state index contributed by atoms with van der Waals surface area (Å²) in [5.74, 6) is -3.71. The fourth-order valence-electron chi connectivity index (χ4n) is 8.48. The Hall–Kier alpha value is -3.04. The summed E-state index contributed by atoms with van der Waals surface area (Å²) in [4.78, 5) is 56.2. The number of benzene rings is 1. The maximum Gasteiger partial charge on any atom is 0.309 e. The number of amides is 3. The van der Waals surface area contributed by atoms with Gasteiger partial charge >= 0.3 is 5.91 Å². The van der Waals surface area contributed by atoms with Gasteiger partial charge in [0.25, 0.3) is 16.0 Å². The number of likely N-dealkylation sites (tertiary alicyclic amines) is 1. The second kappa shape index (κ2) is 10.5. The number of nitrogens with one attached hydrogen (secondary N) is 2. The molecule has 7 unspecified atom stereocenters. The lowest BCUT2D eigenvalue weighted by Gasteiger charge is -2.50. The van der Waals surface area contributed by atoms with E-state index in [9.17, 15) is 22.8 Å². The van der Waals surface area contributed by atoms with Gasteiger partial charge in [0, 0.05) is 42.1 Å². The van der Waals surface area contributed by atoms with Crippen molar-refractivity contribution in [1.29, 1.82) is 0 Å². The van der Waals surface area contributed by atoms with E-state index in [1.54, 1.807) is 4.90 Å². The molecule has 5 aliphatic rings. The lowest BCUT2D eigenvalue weighted by atomic mass is 9.72. The van der Waals surface area contributed by atoms with Crippen molar-refractivity contribution in [3.05, 3.63) is 35.5 Å². The molecule has 1 aromatic heterocycles. The number of aromatic amines is 1. The number of likely N-dealkylation sites (N-methyl/N-ethyl adjacent to an activating group) is 1. The van der Waals surface area contributed by atoms with E-state index in [4.69, 9.17) is 14.0 Å². The fraction of sp³-hybridized carbons (Fsp3) is 0.645. The van der Waals surface area contributed by atoms with Gasteiger partial charge < -0.3 is 20.1 Å². The molecule has 0 radical (unpaired) electrons. The number of carbonyl (C=O) groups excluding carboxylic acids is 3. The molecule has 45 heavy (non-hydrogen) atoms. The molecule has 1 aliphatic carbocycles. The van der Waals surface area contributed by atoms with Crippen molar-refractivity contribution < 1.29 is 36.8 Å². The van der Waals surface area contributed by atoms with Gasteiger partial charge in [0.05, 0.1) is 12.2 Å². The van der Waals surface area contributed by atoms with Crippen LogP contribution in [0.5, 0.6) is 0 Å². The van der Waals surface area contributed by atoms with Gasteiger partial charge in [-0.3, -0.25) is 24.0 Å². The zero-order chi connectivity index (χ0) is 32.1. The number of hydrogen-bond donors (Lipinski definition) is 2. The third kappa shape index (κ3) is 4.79. The van der Waals surface area contributed by atoms with Gasteiger partial charge in [-0.1, -0.05) is 26.0 Å². The minimum Gasteiger partial charge on any atom is -0.361 e. The fourth-order valence-corrected chi connectivity index (χ4v) is 8.70. The summed E-state index contributed by atoms with van der Waals surface area (Å²) in [5.41, 5.74) is 1.63. The summed E-state index contributed by atoms with van der Waals surface area (Å²) in [6.45, 7) is 6.19. The Labute approximate surface area is 262 Å². The molecule has 1 aromatic carbocycles. The minimum absolute atomic E-state index is 0.00656. The Bertz CT molecular complexity index is 1680. The SMILES string of the molecule is CC(C)CC1C(=O)N2CCCC2C2(OOS(C)(=O)=O)OC(C)(NC(=O)C3CC4c5cccc6[nH]cc(c56)CC4N(C)C3)C(=O)N12. The summed E-state index contributed by atoms with van der Waals surface area (Å²) in [5, 5.41) is 4.10. The quantitative estimate of drug-likeness (QED) is 0.340. The Morgan fingerprint density at radius 1 is 1.27 bits per heavy atom. The van der Waals surface area contributed by atoms with Crippen molar-refractivity contribution in [2.45, 2.75) is 88.6 Å². The molecule has 3 amide bonds. The molecule has 2 N–H and O–H groups in total. The van der Waals surface area contributed by atoms with Crippen LogP contribution in [-0.4, -0.2) is 102 Å². The monoisotopic (exact) mass is 643 g/mol. The van der Waals surface area contributed by atoms with E-state index in [1.165, 1.54) is 28.3 Å².